The van der Waals surface area contributed by atoms with E-state index >= 15 is 0 Å². The van der Waals surface area contributed by atoms with E-state index in [0.717, 1.165) is 18.4 Å². The number of nitrogens with two attached hydrogens (primary N) is 1. The van der Waals surface area contributed by atoms with E-state index in [-0.39, 0.29) is 5.91 Å². The first-order chi connectivity index (χ1) is 9.06. The van der Waals surface area contributed by atoms with Crippen LogP contribution in [-0.2, 0) is 11.2 Å². The molecule has 0 aliphatic heterocycles. The summed E-state index contributed by atoms with van der Waals surface area (Å²) in [5.74, 6) is 0.140. The van der Waals surface area contributed by atoms with E-state index in [0.29, 0.717) is 35.4 Å². The van der Waals surface area contributed by atoms with Crippen LogP contribution in [0.25, 0.3) is 0 Å². The highest BCUT2D eigenvalue weighted by atomic mass is 35.5. The zero-order valence-electron chi connectivity index (χ0n) is 10.6. The van der Waals surface area contributed by atoms with Crippen molar-refractivity contribution >= 4 is 34.7 Å². The van der Waals surface area contributed by atoms with Gasteiger partial charge in [-0.25, -0.2) is 0 Å². The summed E-state index contributed by atoms with van der Waals surface area (Å²) in [5.41, 5.74) is 6.49. The molecule has 2 rings (SSSR count). The fourth-order valence-corrected chi connectivity index (χ4v) is 2.22. The molecule has 1 fully saturated rings. The quantitative estimate of drug-likeness (QED) is 0.821. The minimum Gasteiger partial charge on any atom is -0.393 e. The van der Waals surface area contributed by atoms with Crippen molar-refractivity contribution < 1.29 is 4.79 Å². The molecular formula is C14H17ClN2OS. The predicted molar refractivity (Wildman–Crippen MR) is 81.3 cm³/mol. The number of nitrogens with zero attached hydrogens (tertiary/aromatic N) is 1. The van der Waals surface area contributed by atoms with Gasteiger partial charge in [-0.05, 0) is 30.5 Å². The van der Waals surface area contributed by atoms with Gasteiger partial charge in [0.1, 0.15) is 0 Å². The summed E-state index contributed by atoms with van der Waals surface area (Å²) in [6, 6.07) is 7.77. The summed E-state index contributed by atoms with van der Waals surface area (Å²) in [5, 5.41) is 0.684. The first-order valence-corrected chi connectivity index (χ1v) is 7.17. The molecule has 0 spiro atoms. The Kier molecular flexibility index (Phi) is 4.77. The van der Waals surface area contributed by atoms with Gasteiger partial charge in [0, 0.05) is 24.0 Å². The third-order valence-corrected chi connectivity index (χ3v) is 3.63. The molecule has 0 saturated heterocycles. The maximum Gasteiger partial charge on any atom is 0.227 e. The molecule has 5 heteroatoms. The topological polar surface area (TPSA) is 46.3 Å². The summed E-state index contributed by atoms with van der Waals surface area (Å²) < 4.78 is 0. The van der Waals surface area contributed by atoms with E-state index in [1.54, 1.807) is 12.1 Å². The van der Waals surface area contributed by atoms with Gasteiger partial charge >= 0.3 is 0 Å². The SMILES string of the molecule is NC(=S)CCN(C(=O)Cc1ccc(Cl)cc1)C1CC1. The Morgan fingerprint density at radius 2 is 2.00 bits per heavy atom. The van der Waals surface area contributed by atoms with Crippen LogP contribution in [0.3, 0.4) is 0 Å². The van der Waals surface area contributed by atoms with Crippen LogP contribution in [0, 0.1) is 0 Å². The molecule has 0 heterocycles. The molecule has 1 aromatic carbocycles. The molecule has 0 aromatic heterocycles. The Hall–Kier alpha value is -1.13. The molecule has 0 radical (unpaired) electrons. The summed E-state index contributed by atoms with van der Waals surface area (Å²) in [4.78, 5) is 14.7. The van der Waals surface area contributed by atoms with Crippen molar-refractivity contribution in [3.63, 3.8) is 0 Å². The second-order valence-corrected chi connectivity index (χ2v) is 5.80. The standard InChI is InChI=1S/C14H17ClN2OS/c15-11-3-1-10(2-4-11)9-14(18)17(12-5-6-12)8-7-13(16)19/h1-4,12H,5-9H2,(H2,16,19). The number of benzene rings is 1. The normalized spacial score (nSPS) is 14.2. The van der Waals surface area contributed by atoms with Crippen LogP contribution < -0.4 is 5.73 Å². The Balaban J connectivity index is 1.95. The van der Waals surface area contributed by atoms with E-state index in [2.05, 4.69) is 0 Å². The van der Waals surface area contributed by atoms with Gasteiger partial charge in [-0.15, -0.1) is 0 Å². The number of halogens is 1. The van der Waals surface area contributed by atoms with E-state index in [9.17, 15) is 4.79 Å². The number of carbonyl (C=O) groups is 1. The average molecular weight is 297 g/mol. The van der Waals surface area contributed by atoms with Gasteiger partial charge in [-0.2, -0.15) is 0 Å². The summed E-state index contributed by atoms with van der Waals surface area (Å²) >= 11 is 10.7. The van der Waals surface area contributed by atoms with Gasteiger partial charge in [-0.1, -0.05) is 36.0 Å². The summed E-state index contributed by atoms with van der Waals surface area (Å²) in [7, 11) is 0. The lowest BCUT2D eigenvalue weighted by Gasteiger charge is -2.22. The fourth-order valence-electron chi connectivity index (χ4n) is 2.01. The fraction of sp³-hybridized carbons (Fsp3) is 0.429. The van der Waals surface area contributed by atoms with Crippen LogP contribution >= 0.6 is 23.8 Å². The minimum atomic E-state index is 0.140. The van der Waals surface area contributed by atoms with Crippen molar-refractivity contribution in [3.8, 4) is 0 Å². The molecule has 3 nitrogen and oxygen atoms in total. The van der Waals surface area contributed by atoms with Crippen LogP contribution in [0.5, 0.6) is 0 Å². The molecule has 102 valence electrons. The Bertz CT molecular complexity index is 471. The average Bonchev–Trinajstić information content (AvgIpc) is 3.16. The van der Waals surface area contributed by atoms with E-state index in [1.165, 1.54) is 0 Å². The molecule has 19 heavy (non-hydrogen) atoms. The lowest BCUT2D eigenvalue weighted by atomic mass is 10.1. The molecule has 1 aliphatic rings. The molecule has 0 atom stereocenters. The van der Waals surface area contributed by atoms with Gasteiger partial charge in [0.25, 0.3) is 0 Å². The minimum absolute atomic E-state index is 0.140. The molecule has 1 amide bonds. The Morgan fingerprint density at radius 3 is 2.53 bits per heavy atom. The zero-order valence-corrected chi connectivity index (χ0v) is 12.2. The highest BCUT2D eigenvalue weighted by molar-refractivity contribution is 7.80. The molecule has 0 bridgehead atoms. The van der Waals surface area contributed by atoms with Crippen LogP contribution in [0.15, 0.2) is 24.3 Å². The van der Waals surface area contributed by atoms with Crippen molar-refractivity contribution in [2.45, 2.75) is 31.7 Å². The van der Waals surface area contributed by atoms with Crippen LogP contribution in [0.4, 0.5) is 0 Å². The molecule has 1 aromatic rings. The number of carbonyl (C=O) groups excluding carboxylic acids is 1. The van der Waals surface area contributed by atoms with Gasteiger partial charge in [0.2, 0.25) is 5.91 Å². The maximum atomic E-state index is 12.3. The number of hydrogen-bond acceptors (Lipinski definition) is 2. The molecule has 1 saturated carbocycles. The second kappa shape index (κ2) is 6.35. The second-order valence-electron chi connectivity index (χ2n) is 4.84. The van der Waals surface area contributed by atoms with Crippen LogP contribution in [0.2, 0.25) is 5.02 Å². The number of thiocarbonyl (C=S) groups is 1. The Labute approximate surface area is 123 Å². The van der Waals surface area contributed by atoms with Gasteiger partial charge in [0.15, 0.2) is 0 Å². The van der Waals surface area contributed by atoms with Crippen LogP contribution in [-0.4, -0.2) is 28.4 Å². The lowest BCUT2D eigenvalue weighted by Crippen LogP contribution is -2.36. The van der Waals surface area contributed by atoms with Gasteiger partial charge in [0.05, 0.1) is 11.4 Å². The van der Waals surface area contributed by atoms with E-state index in [4.69, 9.17) is 29.6 Å². The van der Waals surface area contributed by atoms with Crippen molar-refractivity contribution in [1.29, 1.82) is 0 Å². The van der Waals surface area contributed by atoms with Crippen molar-refractivity contribution in [2.75, 3.05) is 6.54 Å². The van der Waals surface area contributed by atoms with Gasteiger partial charge in [-0.3, -0.25) is 4.79 Å². The molecule has 1 aliphatic carbocycles. The molecule has 0 unspecified atom stereocenters. The first-order valence-electron chi connectivity index (χ1n) is 6.38. The smallest absolute Gasteiger partial charge is 0.227 e. The lowest BCUT2D eigenvalue weighted by molar-refractivity contribution is -0.130. The molecular weight excluding hydrogens is 280 g/mol. The number of rotatable bonds is 6. The van der Waals surface area contributed by atoms with Crippen molar-refractivity contribution in [1.82, 2.24) is 4.90 Å². The first kappa shape index (κ1) is 14.3. The Morgan fingerprint density at radius 1 is 1.37 bits per heavy atom. The highest BCUT2D eigenvalue weighted by Crippen LogP contribution is 2.27. The van der Waals surface area contributed by atoms with E-state index < -0.39 is 0 Å². The monoisotopic (exact) mass is 296 g/mol. The number of hydrogen-bond donors (Lipinski definition) is 1. The molecule has 2 N–H and O–H groups in total. The van der Waals surface area contributed by atoms with E-state index in [1.807, 2.05) is 17.0 Å². The van der Waals surface area contributed by atoms with Crippen molar-refractivity contribution in [2.24, 2.45) is 5.73 Å². The summed E-state index contributed by atoms with van der Waals surface area (Å²) in [6.07, 6.45) is 3.18. The predicted octanol–water partition coefficient (Wildman–Crippen LogP) is 2.55. The van der Waals surface area contributed by atoms with Crippen molar-refractivity contribution in [3.05, 3.63) is 34.9 Å². The largest absolute Gasteiger partial charge is 0.393 e. The third kappa shape index (κ3) is 4.48. The third-order valence-electron chi connectivity index (χ3n) is 3.18. The summed E-state index contributed by atoms with van der Waals surface area (Å²) in [6.45, 7) is 0.631. The highest BCUT2D eigenvalue weighted by Gasteiger charge is 2.32. The van der Waals surface area contributed by atoms with Gasteiger partial charge < -0.3 is 10.6 Å². The van der Waals surface area contributed by atoms with Crippen LogP contribution in [0.1, 0.15) is 24.8 Å². The zero-order chi connectivity index (χ0) is 13.8. The number of amides is 1. The maximum absolute atomic E-state index is 12.3.